The lowest BCUT2D eigenvalue weighted by molar-refractivity contribution is -0.132. The molecule has 2 aromatic carbocycles. The normalized spacial score (nSPS) is 13.0. The van der Waals surface area contributed by atoms with Crippen LogP contribution in [0.15, 0.2) is 84.0 Å². The highest BCUT2D eigenvalue weighted by Crippen LogP contribution is 2.35. The Morgan fingerprint density at radius 1 is 1.00 bits per heavy atom. The van der Waals surface area contributed by atoms with Gasteiger partial charge in [-0.2, -0.15) is 0 Å². The van der Waals surface area contributed by atoms with Crippen LogP contribution in [0.3, 0.4) is 0 Å². The number of nitrogens with zero attached hydrogens (tertiary/aromatic N) is 1. The van der Waals surface area contributed by atoms with Gasteiger partial charge in [-0.3, -0.25) is 15.0 Å². The fourth-order valence-electron chi connectivity index (χ4n) is 3.77. The van der Waals surface area contributed by atoms with Crippen LogP contribution in [0.25, 0.3) is 0 Å². The summed E-state index contributed by atoms with van der Waals surface area (Å²) in [5.41, 5.74) is 2.16. The third kappa shape index (κ3) is 5.73. The van der Waals surface area contributed by atoms with E-state index in [1.807, 2.05) is 30.3 Å². The minimum absolute atomic E-state index is 0.0270. The van der Waals surface area contributed by atoms with E-state index in [0.717, 1.165) is 0 Å². The molecule has 0 radical (unpaired) electrons. The molecule has 0 aliphatic carbocycles. The zero-order chi connectivity index (χ0) is 24.4. The average Bonchev–Trinajstić information content (AvgIpc) is 2.88. The highest BCUT2D eigenvalue weighted by Gasteiger charge is 2.51. The van der Waals surface area contributed by atoms with E-state index in [-0.39, 0.29) is 17.7 Å². The third-order valence-electron chi connectivity index (χ3n) is 5.60. The molecular formula is C25H28N2O6S. The summed E-state index contributed by atoms with van der Waals surface area (Å²) in [5, 5.41) is 9.57. The number of benzene rings is 2. The summed E-state index contributed by atoms with van der Waals surface area (Å²) in [7, 11) is -2.75. The van der Waals surface area contributed by atoms with Crippen molar-refractivity contribution >= 4 is 15.7 Å². The van der Waals surface area contributed by atoms with Crippen LogP contribution in [0.1, 0.15) is 24.8 Å². The van der Waals surface area contributed by atoms with Gasteiger partial charge in [0.1, 0.15) is 11.5 Å². The van der Waals surface area contributed by atoms with E-state index in [4.69, 9.17) is 9.47 Å². The molecule has 1 atom stereocenters. The second kappa shape index (κ2) is 11.6. The molecule has 9 heteroatoms. The van der Waals surface area contributed by atoms with Crippen LogP contribution < -0.4 is 15.0 Å². The molecule has 0 saturated heterocycles. The maximum Gasteiger partial charge on any atom is 0.265 e. The molecule has 2 N–H and O–H groups in total. The molecule has 34 heavy (non-hydrogen) atoms. The van der Waals surface area contributed by atoms with Gasteiger partial charge in [0.15, 0.2) is 14.6 Å². The Kier molecular flexibility index (Phi) is 8.61. The fourth-order valence-corrected chi connectivity index (χ4v) is 5.77. The maximum atomic E-state index is 13.9. The molecule has 0 fully saturated rings. The lowest BCUT2D eigenvalue weighted by atomic mass is 9.93. The van der Waals surface area contributed by atoms with Gasteiger partial charge in [0, 0.05) is 18.8 Å². The van der Waals surface area contributed by atoms with E-state index in [2.05, 4.69) is 4.98 Å². The molecule has 3 rings (SSSR count). The summed E-state index contributed by atoms with van der Waals surface area (Å²) in [4.78, 5) is 17.1. The van der Waals surface area contributed by atoms with Crippen molar-refractivity contribution in [1.29, 1.82) is 0 Å². The summed E-state index contributed by atoms with van der Waals surface area (Å²) in [6.07, 6.45) is 3.79. The number of hydrogen-bond donors (Lipinski definition) is 2. The van der Waals surface area contributed by atoms with Gasteiger partial charge in [-0.15, -0.1) is 0 Å². The second-order valence-corrected chi connectivity index (χ2v) is 10.0. The van der Waals surface area contributed by atoms with Gasteiger partial charge in [0.2, 0.25) is 0 Å². The number of rotatable bonds is 12. The van der Waals surface area contributed by atoms with Gasteiger partial charge >= 0.3 is 0 Å². The van der Waals surface area contributed by atoms with Gasteiger partial charge in [-0.05, 0) is 67.3 Å². The molecule has 0 spiro atoms. The zero-order valence-electron chi connectivity index (χ0n) is 18.9. The number of methoxy groups -OCH3 is 1. The van der Waals surface area contributed by atoms with Gasteiger partial charge < -0.3 is 9.47 Å². The Morgan fingerprint density at radius 3 is 2.35 bits per heavy atom. The topological polar surface area (TPSA) is 115 Å². The zero-order valence-corrected chi connectivity index (χ0v) is 19.7. The maximum absolute atomic E-state index is 13.9. The van der Waals surface area contributed by atoms with Crippen molar-refractivity contribution < 1.29 is 27.9 Å². The largest absolute Gasteiger partial charge is 0.497 e. The van der Waals surface area contributed by atoms with Gasteiger partial charge in [-0.1, -0.05) is 24.3 Å². The standard InChI is InChI=1S/C25H28N2O6S/c1-32-21-11-13-23(14-12-21)34(30,31)25(24(28)27-29,18-20-8-7-16-26-19-20)15-5-6-17-33-22-9-3-2-4-10-22/h2-4,7-14,16,19,29H,5-6,15,17-18H2,1H3,(H,27,28). The first-order chi connectivity index (χ1) is 16.4. The van der Waals surface area contributed by atoms with Crippen molar-refractivity contribution in [3.63, 3.8) is 0 Å². The number of para-hydroxylation sites is 1. The van der Waals surface area contributed by atoms with E-state index in [9.17, 15) is 18.4 Å². The summed E-state index contributed by atoms with van der Waals surface area (Å²) in [5.74, 6) is 0.209. The number of sulfone groups is 1. The minimum Gasteiger partial charge on any atom is -0.497 e. The number of nitrogens with one attached hydrogen (secondary N) is 1. The predicted molar refractivity (Wildman–Crippen MR) is 127 cm³/mol. The third-order valence-corrected chi connectivity index (χ3v) is 8.05. The molecule has 1 unspecified atom stereocenters. The fraction of sp³-hybridized carbons (Fsp3) is 0.280. The summed E-state index contributed by atoms with van der Waals surface area (Å²) in [6.45, 7) is 0.357. The Bertz CT molecular complexity index is 1160. The minimum atomic E-state index is -4.23. The SMILES string of the molecule is COc1ccc(S(=O)(=O)C(CCCCOc2ccccc2)(Cc2cccnc2)C(=O)NO)cc1. The lowest BCUT2D eigenvalue weighted by Crippen LogP contribution is -2.53. The van der Waals surface area contributed by atoms with Crippen molar-refractivity contribution in [1.82, 2.24) is 10.5 Å². The molecule has 0 aliphatic heterocycles. The number of pyridine rings is 1. The molecule has 1 aromatic heterocycles. The second-order valence-electron chi connectivity index (χ2n) is 7.77. The molecule has 0 saturated carbocycles. The monoisotopic (exact) mass is 484 g/mol. The van der Waals surface area contributed by atoms with Crippen molar-refractivity contribution in [3.05, 3.63) is 84.7 Å². The first-order valence-corrected chi connectivity index (χ1v) is 12.3. The quantitative estimate of drug-likeness (QED) is 0.229. The van der Waals surface area contributed by atoms with Gasteiger partial charge in [0.25, 0.3) is 5.91 Å². The summed E-state index contributed by atoms with van der Waals surface area (Å²) in [6, 6.07) is 18.5. The number of amides is 1. The molecule has 8 nitrogen and oxygen atoms in total. The Balaban J connectivity index is 1.90. The van der Waals surface area contributed by atoms with Crippen LogP contribution in [-0.4, -0.2) is 43.0 Å². The van der Waals surface area contributed by atoms with Gasteiger partial charge in [-0.25, -0.2) is 13.9 Å². The highest BCUT2D eigenvalue weighted by atomic mass is 32.2. The molecule has 0 aliphatic rings. The molecule has 1 amide bonds. The van der Waals surface area contributed by atoms with Crippen molar-refractivity contribution in [2.45, 2.75) is 35.3 Å². The number of aromatic nitrogens is 1. The van der Waals surface area contributed by atoms with Crippen LogP contribution in [0.4, 0.5) is 0 Å². The summed E-state index contributed by atoms with van der Waals surface area (Å²) >= 11 is 0. The predicted octanol–water partition coefficient (Wildman–Crippen LogP) is 3.60. The van der Waals surface area contributed by atoms with Gasteiger partial charge in [0.05, 0.1) is 18.6 Å². The first-order valence-electron chi connectivity index (χ1n) is 10.8. The van der Waals surface area contributed by atoms with E-state index in [0.29, 0.717) is 36.5 Å². The Morgan fingerprint density at radius 2 is 1.74 bits per heavy atom. The number of hydroxylamine groups is 1. The number of carbonyl (C=O) groups excluding carboxylic acids is 1. The number of unbranched alkanes of at least 4 members (excludes halogenated alkanes) is 1. The number of ether oxygens (including phenoxy) is 2. The van der Waals surface area contributed by atoms with Crippen molar-refractivity contribution in [2.75, 3.05) is 13.7 Å². The van der Waals surface area contributed by atoms with E-state index < -0.39 is 20.5 Å². The van der Waals surface area contributed by atoms with E-state index >= 15 is 0 Å². The average molecular weight is 485 g/mol. The van der Waals surface area contributed by atoms with E-state index in [1.54, 1.807) is 23.8 Å². The van der Waals surface area contributed by atoms with Crippen LogP contribution in [0.2, 0.25) is 0 Å². The van der Waals surface area contributed by atoms with Crippen LogP contribution in [0, 0.1) is 0 Å². The summed E-state index contributed by atoms with van der Waals surface area (Å²) < 4.78 is 36.6. The molecule has 0 bridgehead atoms. The van der Waals surface area contributed by atoms with Crippen molar-refractivity contribution in [3.8, 4) is 11.5 Å². The Labute approximate surface area is 199 Å². The smallest absolute Gasteiger partial charge is 0.265 e. The van der Waals surface area contributed by atoms with Crippen LogP contribution >= 0.6 is 0 Å². The van der Waals surface area contributed by atoms with Crippen molar-refractivity contribution in [2.24, 2.45) is 0 Å². The van der Waals surface area contributed by atoms with Crippen LogP contribution in [0.5, 0.6) is 11.5 Å². The molecule has 180 valence electrons. The molecule has 3 aromatic rings. The van der Waals surface area contributed by atoms with Crippen LogP contribution in [-0.2, 0) is 21.1 Å². The highest BCUT2D eigenvalue weighted by molar-refractivity contribution is 7.93. The van der Waals surface area contributed by atoms with E-state index in [1.165, 1.54) is 37.6 Å². The first kappa shape index (κ1) is 25.2. The lowest BCUT2D eigenvalue weighted by Gasteiger charge is -2.31. The molecular weight excluding hydrogens is 456 g/mol. The number of carbonyl (C=O) groups is 1. The molecule has 1 heterocycles. The number of hydrogen-bond acceptors (Lipinski definition) is 7. The Hall–Kier alpha value is -3.43.